The second-order valence-electron chi connectivity index (χ2n) is 5.39. The van der Waals surface area contributed by atoms with E-state index >= 15 is 0 Å². The van der Waals surface area contributed by atoms with Crippen molar-refractivity contribution in [1.82, 2.24) is 9.78 Å². The Morgan fingerprint density at radius 2 is 2.00 bits per heavy atom. The van der Waals surface area contributed by atoms with Crippen molar-refractivity contribution in [3.05, 3.63) is 42.2 Å². The van der Waals surface area contributed by atoms with Crippen molar-refractivity contribution in [1.29, 1.82) is 0 Å². The Hall–Kier alpha value is -1.61. The van der Waals surface area contributed by atoms with E-state index in [0.29, 0.717) is 0 Å². The third-order valence-corrected chi connectivity index (χ3v) is 3.84. The molecule has 3 rings (SSSR count). The van der Waals surface area contributed by atoms with Gasteiger partial charge in [-0.25, -0.2) is 0 Å². The van der Waals surface area contributed by atoms with Crippen LogP contribution in [0.15, 0.2) is 36.7 Å². The first-order valence-electron chi connectivity index (χ1n) is 6.92. The van der Waals surface area contributed by atoms with Gasteiger partial charge >= 0.3 is 0 Å². The molecule has 0 radical (unpaired) electrons. The lowest BCUT2D eigenvalue weighted by Gasteiger charge is -2.09. The maximum Gasteiger partial charge on any atom is 0.0793 e. The average molecular weight is 256 g/mol. The molecule has 1 aromatic carbocycles. The van der Waals surface area contributed by atoms with Gasteiger partial charge in [-0.2, -0.15) is 5.10 Å². The number of nitrogens with zero attached hydrogens (tertiary/aromatic N) is 2. The van der Waals surface area contributed by atoms with Crippen LogP contribution in [0.3, 0.4) is 0 Å². The summed E-state index contributed by atoms with van der Waals surface area (Å²) in [4.78, 5) is 0. The Morgan fingerprint density at radius 1 is 1.26 bits per heavy atom. The van der Waals surface area contributed by atoms with Crippen LogP contribution in [0, 0.1) is 5.92 Å². The first-order valence-corrected chi connectivity index (χ1v) is 6.92. The third kappa shape index (κ3) is 2.87. The molecule has 1 fully saturated rings. The molecule has 2 aromatic rings. The van der Waals surface area contributed by atoms with Gasteiger partial charge in [0.25, 0.3) is 0 Å². The van der Waals surface area contributed by atoms with E-state index in [0.717, 1.165) is 12.5 Å². The van der Waals surface area contributed by atoms with Crippen molar-refractivity contribution in [3.63, 3.8) is 0 Å². The van der Waals surface area contributed by atoms with Crippen LogP contribution in [0.1, 0.15) is 31.4 Å². The van der Waals surface area contributed by atoms with Crippen LogP contribution in [0.5, 0.6) is 0 Å². The molecular formula is C16H20N2O. The summed E-state index contributed by atoms with van der Waals surface area (Å²) in [5.74, 6) is 0.859. The summed E-state index contributed by atoms with van der Waals surface area (Å²) in [5, 5.41) is 4.44. The molecule has 1 saturated carbocycles. The molecule has 1 atom stereocenters. The van der Waals surface area contributed by atoms with Crippen molar-refractivity contribution in [3.8, 4) is 11.1 Å². The molecule has 0 aliphatic heterocycles. The topological polar surface area (TPSA) is 27.1 Å². The van der Waals surface area contributed by atoms with Gasteiger partial charge in [0.05, 0.1) is 12.3 Å². The largest absolute Gasteiger partial charge is 0.377 e. The fraction of sp³-hybridized carbons (Fsp3) is 0.438. The van der Waals surface area contributed by atoms with Gasteiger partial charge < -0.3 is 4.74 Å². The van der Waals surface area contributed by atoms with E-state index in [1.807, 2.05) is 6.20 Å². The number of benzene rings is 1. The Labute approximate surface area is 114 Å². The SMILES string of the molecule is CO[C@H](C)c1ccc(-c2cnn(CC3CC3)c2)cc1. The molecule has 0 N–H and O–H groups in total. The molecule has 0 spiro atoms. The minimum atomic E-state index is 0.145. The smallest absolute Gasteiger partial charge is 0.0793 e. The normalized spacial score (nSPS) is 16.5. The first kappa shape index (κ1) is 12.4. The average Bonchev–Trinajstić information content (AvgIpc) is 3.14. The zero-order chi connectivity index (χ0) is 13.2. The van der Waals surface area contributed by atoms with Crippen molar-refractivity contribution in [2.75, 3.05) is 7.11 Å². The lowest BCUT2D eigenvalue weighted by Crippen LogP contribution is -1.99. The molecule has 3 nitrogen and oxygen atoms in total. The van der Waals surface area contributed by atoms with Crippen LogP contribution in [-0.4, -0.2) is 16.9 Å². The third-order valence-electron chi connectivity index (χ3n) is 3.84. The van der Waals surface area contributed by atoms with Crippen LogP contribution >= 0.6 is 0 Å². The van der Waals surface area contributed by atoms with Crippen molar-refractivity contribution in [2.24, 2.45) is 5.92 Å². The van der Waals surface area contributed by atoms with E-state index in [9.17, 15) is 0 Å². The summed E-state index contributed by atoms with van der Waals surface area (Å²) < 4.78 is 7.39. The van der Waals surface area contributed by atoms with E-state index in [4.69, 9.17) is 4.74 Å². The quantitative estimate of drug-likeness (QED) is 0.816. The first-order chi connectivity index (χ1) is 9.26. The van der Waals surface area contributed by atoms with E-state index in [2.05, 4.69) is 47.2 Å². The fourth-order valence-corrected chi connectivity index (χ4v) is 2.26. The molecule has 0 bridgehead atoms. The number of ether oxygens (including phenoxy) is 1. The molecule has 19 heavy (non-hydrogen) atoms. The summed E-state index contributed by atoms with van der Waals surface area (Å²) in [6.07, 6.45) is 6.97. The second-order valence-corrected chi connectivity index (χ2v) is 5.39. The van der Waals surface area contributed by atoms with Crippen LogP contribution < -0.4 is 0 Å². The van der Waals surface area contributed by atoms with Gasteiger partial charge in [0.1, 0.15) is 0 Å². The molecule has 100 valence electrons. The Kier molecular flexibility index (Phi) is 3.38. The monoisotopic (exact) mass is 256 g/mol. The second kappa shape index (κ2) is 5.17. The molecule has 1 aliphatic carbocycles. The van der Waals surface area contributed by atoms with Gasteiger partial charge in [-0.15, -0.1) is 0 Å². The van der Waals surface area contributed by atoms with Gasteiger partial charge in [0, 0.05) is 25.4 Å². The molecule has 1 aromatic heterocycles. The molecular weight excluding hydrogens is 236 g/mol. The van der Waals surface area contributed by atoms with E-state index in [1.54, 1.807) is 7.11 Å². The van der Waals surface area contributed by atoms with Gasteiger partial charge in [0.15, 0.2) is 0 Å². The molecule has 0 unspecified atom stereocenters. The van der Waals surface area contributed by atoms with Crippen molar-refractivity contribution in [2.45, 2.75) is 32.4 Å². The van der Waals surface area contributed by atoms with Gasteiger partial charge in [-0.3, -0.25) is 4.68 Å². The van der Waals surface area contributed by atoms with Crippen molar-refractivity contribution < 1.29 is 4.74 Å². The number of aromatic nitrogens is 2. The summed E-state index contributed by atoms with van der Waals surface area (Å²) in [7, 11) is 1.74. The van der Waals surface area contributed by atoms with Crippen LogP contribution in [0.25, 0.3) is 11.1 Å². The predicted molar refractivity (Wildman–Crippen MR) is 75.8 cm³/mol. The zero-order valence-electron chi connectivity index (χ0n) is 11.5. The van der Waals surface area contributed by atoms with Crippen molar-refractivity contribution >= 4 is 0 Å². The molecule has 3 heteroatoms. The fourth-order valence-electron chi connectivity index (χ4n) is 2.26. The van der Waals surface area contributed by atoms with Crippen LogP contribution in [0.2, 0.25) is 0 Å². The van der Waals surface area contributed by atoms with Crippen LogP contribution in [0.4, 0.5) is 0 Å². The summed E-state index contributed by atoms with van der Waals surface area (Å²) in [5.41, 5.74) is 3.61. The highest BCUT2D eigenvalue weighted by molar-refractivity contribution is 5.62. The number of rotatable bonds is 5. The highest BCUT2D eigenvalue weighted by Crippen LogP contribution is 2.31. The summed E-state index contributed by atoms with van der Waals surface area (Å²) in [6.45, 7) is 3.13. The standard InChI is InChI=1S/C16H20N2O/c1-12(19-2)14-5-7-15(8-6-14)16-9-17-18(11-16)10-13-3-4-13/h5-9,11-13H,3-4,10H2,1-2H3/t12-/m1/s1. The van der Waals surface area contributed by atoms with Gasteiger partial charge in [-0.1, -0.05) is 24.3 Å². The maximum absolute atomic E-state index is 5.32. The Morgan fingerprint density at radius 3 is 2.63 bits per heavy atom. The Balaban J connectivity index is 1.75. The molecule has 0 amide bonds. The summed E-state index contributed by atoms with van der Waals surface area (Å²) in [6, 6.07) is 8.54. The van der Waals surface area contributed by atoms with Gasteiger partial charge in [-0.05, 0) is 36.8 Å². The lowest BCUT2D eigenvalue weighted by molar-refractivity contribution is 0.119. The Bertz CT molecular complexity index is 540. The highest BCUT2D eigenvalue weighted by Gasteiger charge is 2.22. The predicted octanol–water partition coefficient (Wildman–Crippen LogP) is 3.67. The highest BCUT2D eigenvalue weighted by atomic mass is 16.5. The van der Waals surface area contributed by atoms with Crippen LogP contribution in [-0.2, 0) is 11.3 Å². The molecule has 0 saturated heterocycles. The minimum Gasteiger partial charge on any atom is -0.377 e. The number of hydrogen-bond acceptors (Lipinski definition) is 2. The minimum absolute atomic E-state index is 0.145. The van der Waals surface area contributed by atoms with E-state index < -0.39 is 0 Å². The summed E-state index contributed by atoms with van der Waals surface area (Å²) >= 11 is 0. The maximum atomic E-state index is 5.32. The zero-order valence-corrected chi connectivity index (χ0v) is 11.5. The number of hydrogen-bond donors (Lipinski definition) is 0. The lowest BCUT2D eigenvalue weighted by atomic mass is 10.0. The number of methoxy groups -OCH3 is 1. The van der Waals surface area contributed by atoms with E-state index in [-0.39, 0.29) is 6.10 Å². The molecule has 1 aliphatic rings. The van der Waals surface area contributed by atoms with Gasteiger partial charge in [0.2, 0.25) is 0 Å². The van der Waals surface area contributed by atoms with E-state index in [1.165, 1.54) is 29.5 Å². The molecule has 1 heterocycles.